The second kappa shape index (κ2) is 9.52. The number of nitrogens with zero attached hydrogens (tertiary/aromatic N) is 3. The maximum absolute atomic E-state index is 12.6. The Kier molecular flexibility index (Phi) is 6.15. The molecule has 1 heterocycles. The van der Waals surface area contributed by atoms with Gasteiger partial charge >= 0.3 is 0 Å². The third-order valence-corrected chi connectivity index (χ3v) is 4.58. The molecule has 0 saturated heterocycles. The molecule has 0 bridgehead atoms. The highest BCUT2D eigenvalue weighted by Gasteiger charge is 2.14. The van der Waals surface area contributed by atoms with Crippen LogP contribution in [0, 0.1) is 0 Å². The van der Waals surface area contributed by atoms with Gasteiger partial charge in [0.25, 0.3) is 0 Å². The van der Waals surface area contributed by atoms with Crippen molar-refractivity contribution in [2.75, 3.05) is 5.01 Å². The van der Waals surface area contributed by atoms with Crippen LogP contribution in [0.1, 0.15) is 17.9 Å². The molecule has 0 unspecified atom stereocenters. The lowest BCUT2D eigenvalue weighted by Crippen LogP contribution is -2.42. The van der Waals surface area contributed by atoms with Crippen molar-refractivity contribution in [3.05, 3.63) is 102 Å². The van der Waals surface area contributed by atoms with Crippen LogP contribution in [-0.4, -0.2) is 16.0 Å². The number of hydrogen-bond acceptors (Lipinski definition) is 5. The molecule has 0 atom stereocenters. The number of para-hydroxylation sites is 1. The summed E-state index contributed by atoms with van der Waals surface area (Å²) in [4.78, 5) is 17.0. The predicted octanol–water partition coefficient (Wildman–Crippen LogP) is 4.41. The SMILES string of the molecule is O=C(CCc1nc(-c2ccccc2)no1)NN(Cc1ccccc1)c1ccccc1. The minimum absolute atomic E-state index is 0.116. The Hall–Kier alpha value is -3.93. The van der Waals surface area contributed by atoms with E-state index in [1.165, 1.54) is 0 Å². The van der Waals surface area contributed by atoms with E-state index < -0.39 is 0 Å². The van der Waals surface area contributed by atoms with Crippen LogP contribution in [0.5, 0.6) is 0 Å². The molecule has 4 rings (SSSR count). The van der Waals surface area contributed by atoms with Crippen molar-refractivity contribution in [1.82, 2.24) is 15.6 Å². The molecular formula is C24H22N4O2. The Bertz CT molecular complexity index is 1070. The van der Waals surface area contributed by atoms with Crippen LogP contribution in [0.3, 0.4) is 0 Å². The van der Waals surface area contributed by atoms with E-state index in [0.717, 1.165) is 16.8 Å². The number of carbonyl (C=O) groups is 1. The van der Waals surface area contributed by atoms with Gasteiger partial charge < -0.3 is 4.52 Å². The number of hydrogen-bond donors (Lipinski definition) is 1. The van der Waals surface area contributed by atoms with Crippen LogP contribution in [0.2, 0.25) is 0 Å². The van der Waals surface area contributed by atoms with Gasteiger partial charge in [0.05, 0.1) is 12.2 Å². The van der Waals surface area contributed by atoms with E-state index in [4.69, 9.17) is 4.52 Å². The van der Waals surface area contributed by atoms with Crippen molar-refractivity contribution < 1.29 is 9.32 Å². The van der Waals surface area contributed by atoms with E-state index in [1.807, 2.05) is 96.0 Å². The molecular weight excluding hydrogens is 376 g/mol. The highest BCUT2D eigenvalue weighted by Crippen LogP contribution is 2.17. The van der Waals surface area contributed by atoms with Crippen LogP contribution in [0.15, 0.2) is 95.5 Å². The number of amides is 1. The zero-order chi connectivity index (χ0) is 20.6. The van der Waals surface area contributed by atoms with Crippen LogP contribution in [0.4, 0.5) is 5.69 Å². The number of aryl methyl sites for hydroxylation is 1. The average Bonchev–Trinajstić information content (AvgIpc) is 3.28. The normalized spacial score (nSPS) is 10.5. The van der Waals surface area contributed by atoms with E-state index >= 15 is 0 Å². The summed E-state index contributed by atoms with van der Waals surface area (Å²) < 4.78 is 5.30. The Morgan fingerprint density at radius 1 is 0.867 bits per heavy atom. The van der Waals surface area contributed by atoms with Crippen molar-refractivity contribution in [3.63, 3.8) is 0 Å². The van der Waals surface area contributed by atoms with Gasteiger partial charge in [-0.3, -0.25) is 15.2 Å². The summed E-state index contributed by atoms with van der Waals surface area (Å²) in [7, 11) is 0. The van der Waals surface area contributed by atoms with Crippen LogP contribution < -0.4 is 10.4 Å². The topological polar surface area (TPSA) is 71.3 Å². The Morgan fingerprint density at radius 3 is 2.20 bits per heavy atom. The van der Waals surface area contributed by atoms with Crippen LogP contribution in [-0.2, 0) is 17.8 Å². The van der Waals surface area contributed by atoms with Gasteiger partial charge in [0.1, 0.15) is 0 Å². The second-order valence-corrected chi connectivity index (χ2v) is 6.82. The molecule has 6 heteroatoms. The molecule has 30 heavy (non-hydrogen) atoms. The number of hydrazine groups is 1. The van der Waals surface area contributed by atoms with Crippen molar-refractivity contribution in [1.29, 1.82) is 0 Å². The van der Waals surface area contributed by atoms with Crippen LogP contribution in [0.25, 0.3) is 11.4 Å². The van der Waals surface area contributed by atoms with Crippen molar-refractivity contribution >= 4 is 11.6 Å². The van der Waals surface area contributed by atoms with E-state index in [0.29, 0.717) is 24.7 Å². The first-order chi connectivity index (χ1) is 14.8. The molecule has 1 N–H and O–H groups in total. The minimum atomic E-state index is -0.116. The lowest BCUT2D eigenvalue weighted by atomic mass is 10.2. The predicted molar refractivity (Wildman–Crippen MR) is 115 cm³/mol. The van der Waals surface area contributed by atoms with E-state index in [1.54, 1.807) is 0 Å². The molecule has 1 aromatic heterocycles. The molecule has 0 saturated carbocycles. The van der Waals surface area contributed by atoms with E-state index in [-0.39, 0.29) is 12.3 Å². The molecule has 150 valence electrons. The van der Waals surface area contributed by atoms with Gasteiger partial charge in [-0.15, -0.1) is 0 Å². The largest absolute Gasteiger partial charge is 0.339 e. The van der Waals surface area contributed by atoms with Gasteiger partial charge in [0.2, 0.25) is 17.6 Å². The van der Waals surface area contributed by atoms with E-state index in [9.17, 15) is 4.79 Å². The summed E-state index contributed by atoms with van der Waals surface area (Å²) in [5.41, 5.74) is 5.90. The second-order valence-electron chi connectivity index (χ2n) is 6.82. The fraction of sp³-hybridized carbons (Fsp3) is 0.125. The molecule has 1 amide bonds. The van der Waals surface area contributed by atoms with Gasteiger partial charge in [-0.2, -0.15) is 4.98 Å². The highest BCUT2D eigenvalue weighted by molar-refractivity contribution is 5.78. The zero-order valence-electron chi connectivity index (χ0n) is 16.4. The molecule has 0 radical (unpaired) electrons. The third kappa shape index (κ3) is 5.11. The summed E-state index contributed by atoms with van der Waals surface area (Å²) in [6, 6.07) is 29.4. The number of anilines is 1. The highest BCUT2D eigenvalue weighted by atomic mass is 16.5. The number of carbonyl (C=O) groups excluding carboxylic acids is 1. The number of aromatic nitrogens is 2. The first-order valence-electron chi connectivity index (χ1n) is 9.82. The lowest BCUT2D eigenvalue weighted by molar-refractivity contribution is -0.121. The fourth-order valence-corrected chi connectivity index (χ4v) is 3.06. The summed E-state index contributed by atoms with van der Waals surface area (Å²) >= 11 is 0. The van der Waals surface area contributed by atoms with Crippen molar-refractivity contribution in [3.8, 4) is 11.4 Å². The first-order valence-corrected chi connectivity index (χ1v) is 9.82. The maximum Gasteiger partial charge on any atom is 0.239 e. The molecule has 0 fully saturated rings. The first kappa shape index (κ1) is 19.4. The Balaban J connectivity index is 1.39. The minimum Gasteiger partial charge on any atom is -0.339 e. The Morgan fingerprint density at radius 2 is 1.50 bits per heavy atom. The van der Waals surface area contributed by atoms with Crippen molar-refractivity contribution in [2.24, 2.45) is 0 Å². The monoisotopic (exact) mass is 398 g/mol. The van der Waals surface area contributed by atoms with E-state index in [2.05, 4.69) is 15.6 Å². The molecule has 0 spiro atoms. The molecule has 4 aromatic rings. The van der Waals surface area contributed by atoms with Crippen LogP contribution >= 0.6 is 0 Å². The van der Waals surface area contributed by atoms with Gasteiger partial charge in [-0.1, -0.05) is 84.0 Å². The summed E-state index contributed by atoms with van der Waals surface area (Å²) in [5, 5.41) is 5.85. The standard InChI is InChI=1S/C24H22N4O2/c29-22(16-17-23-25-24(27-30-23)20-12-6-2-7-13-20)26-28(21-14-8-3-9-15-21)18-19-10-4-1-5-11-19/h1-15H,16-18H2,(H,26,29). The molecule has 0 aliphatic heterocycles. The van der Waals surface area contributed by atoms with Gasteiger partial charge in [0.15, 0.2) is 0 Å². The van der Waals surface area contributed by atoms with Gasteiger partial charge in [0, 0.05) is 18.4 Å². The third-order valence-electron chi connectivity index (χ3n) is 4.58. The Labute approximate surface area is 175 Å². The molecule has 6 nitrogen and oxygen atoms in total. The zero-order valence-corrected chi connectivity index (χ0v) is 16.4. The van der Waals surface area contributed by atoms with Gasteiger partial charge in [-0.05, 0) is 17.7 Å². The number of nitrogens with one attached hydrogen (secondary N) is 1. The summed E-state index contributed by atoms with van der Waals surface area (Å²) in [6.07, 6.45) is 0.619. The molecule has 0 aliphatic carbocycles. The van der Waals surface area contributed by atoms with Crippen molar-refractivity contribution in [2.45, 2.75) is 19.4 Å². The summed E-state index contributed by atoms with van der Waals surface area (Å²) in [5.74, 6) is 0.855. The molecule has 3 aromatic carbocycles. The summed E-state index contributed by atoms with van der Waals surface area (Å²) in [6.45, 7) is 0.565. The average molecular weight is 398 g/mol. The maximum atomic E-state index is 12.6. The molecule has 0 aliphatic rings. The smallest absolute Gasteiger partial charge is 0.239 e. The number of rotatable bonds is 8. The fourth-order valence-electron chi connectivity index (χ4n) is 3.06. The lowest BCUT2D eigenvalue weighted by Gasteiger charge is -2.25. The quantitative estimate of drug-likeness (QED) is 0.445. The van der Waals surface area contributed by atoms with Gasteiger partial charge in [-0.25, -0.2) is 0 Å². The number of benzene rings is 3.